The lowest BCUT2D eigenvalue weighted by atomic mass is 10.2. The third-order valence-electron chi connectivity index (χ3n) is 2.58. The number of pyridine rings is 1. The smallest absolute Gasteiger partial charge is 0.337 e. The fourth-order valence-corrected chi connectivity index (χ4v) is 2.55. The highest BCUT2D eigenvalue weighted by atomic mass is 79.9. The van der Waals surface area contributed by atoms with Gasteiger partial charge in [0.05, 0.1) is 22.0 Å². The number of nitrogens with one attached hydrogen (secondary N) is 1. The first-order valence-corrected chi connectivity index (χ1v) is 6.68. The van der Waals surface area contributed by atoms with Crippen LogP contribution in [0.3, 0.4) is 0 Å². The number of halogens is 3. The van der Waals surface area contributed by atoms with Crippen LogP contribution in [-0.4, -0.2) is 16.1 Å². The number of nitrogens with zero attached hydrogens (tertiary/aromatic N) is 1. The molecule has 7 heteroatoms. The predicted octanol–water partition coefficient (Wildman–Crippen LogP) is 4.39. The Morgan fingerprint density at radius 2 is 2.15 bits per heavy atom. The van der Waals surface area contributed by atoms with Gasteiger partial charge >= 0.3 is 5.97 Å². The zero-order chi connectivity index (χ0) is 14.9. The molecule has 0 unspecified atom stereocenters. The fourth-order valence-electron chi connectivity index (χ4n) is 1.65. The Morgan fingerprint density at radius 1 is 1.45 bits per heavy atom. The van der Waals surface area contributed by atoms with Gasteiger partial charge in [-0.1, -0.05) is 11.6 Å². The van der Waals surface area contributed by atoms with Gasteiger partial charge in [0.2, 0.25) is 0 Å². The summed E-state index contributed by atoms with van der Waals surface area (Å²) in [5, 5.41) is 12.1. The van der Waals surface area contributed by atoms with Crippen LogP contribution in [0.25, 0.3) is 0 Å². The molecule has 0 amide bonds. The molecule has 0 saturated carbocycles. The minimum absolute atomic E-state index is 0.125. The second-order valence-electron chi connectivity index (χ2n) is 4.00. The van der Waals surface area contributed by atoms with Crippen molar-refractivity contribution in [2.75, 3.05) is 5.32 Å². The number of carboxylic acid groups (broad SMARTS) is 1. The van der Waals surface area contributed by atoms with E-state index in [1.807, 2.05) is 0 Å². The molecule has 20 heavy (non-hydrogen) atoms. The molecule has 1 aromatic heterocycles. The van der Waals surface area contributed by atoms with Gasteiger partial charge in [0, 0.05) is 4.47 Å². The summed E-state index contributed by atoms with van der Waals surface area (Å²) in [5.74, 6) is -1.08. The van der Waals surface area contributed by atoms with E-state index in [1.165, 1.54) is 24.3 Å². The molecule has 0 aliphatic carbocycles. The lowest BCUT2D eigenvalue weighted by molar-refractivity contribution is 0.0695. The third kappa shape index (κ3) is 3.08. The first kappa shape index (κ1) is 14.7. The molecule has 0 fully saturated rings. The van der Waals surface area contributed by atoms with Gasteiger partial charge in [-0.3, -0.25) is 0 Å². The average Bonchev–Trinajstić information content (AvgIpc) is 2.33. The van der Waals surface area contributed by atoms with Crippen LogP contribution in [0, 0.1) is 12.7 Å². The van der Waals surface area contributed by atoms with Crippen molar-refractivity contribution >= 4 is 45.0 Å². The maximum absolute atomic E-state index is 13.1. The maximum atomic E-state index is 13.1. The van der Waals surface area contributed by atoms with E-state index in [9.17, 15) is 9.18 Å². The van der Waals surface area contributed by atoms with Crippen LogP contribution in [0.15, 0.2) is 28.7 Å². The van der Waals surface area contributed by atoms with Crippen molar-refractivity contribution in [1.82, 2.24) is 4.98 Å². The van der Waals surface area contributed by atoms with Crippen molar-refractivity contribution in [3.63, 3.8) is 0 Å². The second kappa shape index (κ2) is 5.76. The van der Waals surface area contributed by atoms with E-state index < -0.39 is 11.8 Å². The van der Waals surface area contributed by atoms with E-state index in [0.717, 1.165) is 0 Å². The van der Waals surface area contributed by atoms with Gasteiger partial charge in [-0.15, -0.1) is 0 Å². The Labute approximate surface area is 127 Å². The predicted molar refractivity (Wildman–Crippen MR) is 78.3 cm³/mol. The number of aromatic nitrogens is 1. The average molecular weight is 360 g/mol. The Hall–Kier alpha value is -1.66. The number of carboxylic acids is 1. The van der Waals surface area contributed by atoms with Crippen LogP contribution in [0.4, 0.5) is 15.9 Å². The van der Waals surface area contributed by atoms with Crippen molar-refractivity contribution in [3.05, 3.63) is 50.8 Å². The van der Waals surface area contributed by atoms with Gasteiger partial charge < -0.3 is 10.4 Å². The number of aryl methyl sites for hydroxylation is 1. The number of hydrogen-bond acceptors (Lipinski definition) is 3. The molecule has 4 nitrogen and oxygen atoms in total. The van der Waals surface area contributed by atoms with Gasteiger partial charge in [-0.25, -0.2) is 14.2 Å². The van der Waals surface area contributed by atoms with Crippen molar-refractivity contribution in [2.24, 2.45) is 0 Å². The second-order valence-corrected chi connectivity index (χ2v) is 5.27. The summed E-state index contributed by atoms with van der Waals surface area (Å²) in [4.78, 5) is 15.0. The molecule has 104 valence electrons. The van der Waals surface area contributed by atoms with Crippen LogP contribution in [0.1, 0.15) is 16.1 Å². The van der Waals surface area contributed by atoms with Gasteiger partial charge in [-0.2, -0.15) is 0 Å². The lowest BCUT2D eigenvalue weighted by Gasteiger charge is -2.11. The van der Waals surface area contributed by atoms with Gasteiger partial charge in [0.1, 0.15) is 11.6 Å². The molecule has 1 heterocycles. The van der Waals surface area contributed by atoms with E-state index >= 15 is 0 Å². The zero-order valence-corrected chi connectivity index (χ0v) is 12.6. The minimum atomic E-state index is -1.04. The molecule has 0 saturated heterocycles. The number of benzene rings is 1. The summed E-state index contributed by atoms with van der Waals surface area (Å²) < 4.78 is 13.6. The molecule has 1 aromatic carbocycles. The first-order chi connectivity index (χ1) is 9.38. The van der Waals surface area contributed by atoms with Crippen molar-refractivity contribution < 1.29 is 14.3 Å². The van der Waals surface area contributed by atoms with Gasteiger partial charge in [0.15, 0.2) is 0 Å². The number of rotatable bonds is 3. The highest BCUT2D eigenvalue weighted by Crippen LogP contribution is 2.33. The molecule has 0 atom stereocenters. The summed E-state index contributed by atoms with van der Waals surface area (Å²) in [6.07, 6.45) is 0. The molecule has 0 aliphatic heterocycles. The van der Waals surface area contributed by atoms with Crippen molar-refractivity contribution in [3.8, 4) is 0 Å². The van der Waals surface area contributed by atoms with E-state index in [2.05, 4.69) is 26.2 Å². The van der Waals surface area contributed by atoms with Crippen molar-refractivity contribution in [1.29, 1.82) is 0 Å². The Balaban J connectivity index is 2.36. The molecule has 0 bridgehead atoms. The van der Waals surface area contributed by atoms with Gasteiger partial charge in [0.25, 0.3) is 0 Å². The SMILES string of the molecule is Cc1nc(Nc2c(Cl)cc(F)cc2Br)ccc1C(=O)O. The minimum Gasteiger partial charge on any atom is -0.478 e. The summed E-state index contributed by atoms with van der Waals surface area (Å²) in [6, 6.07) is 5.40. The number of anilines is 2. The van der Waals surface area contributed by atoms with Crippen LogP contribution >= 0.6 is 27.5 Å². The van der Waals surface area contributed by atoms with Crippen LogP contribution < -0.4 is 5.32 Å². The quantitative estimate of drug-likeness (QED) is 0.853. The summed E-state index contributed by atoms with van der Waals surface area (Å²) >= 11 is 9.15. The Kier molecular flexibility index (Phi) is 4.25. The largest absolute Gasteiger partial charge is 0.478 e. The van der Waals surface area contributed by atoms with E-state index in [1.54, 1.807) is 6.92 Å². The number of carbonyl (C=O) groups is 1. The molecule has 0 radical (unpaired) electrons. The molecule has 2 rings (SSSR count). The van der Waals surface area contributed by atoms with Crippen LogP contribution in [0.2, 0.25) is 5.02 Å². The number of aromatic carboxylic acids is 1. The summed E-state index contributed by atoms with van der Waals surface area (Å²) in [6.45, 7) is 1.59. The molecule has 0 aliphatic rings. The molecule has 0 spiro atoms. The zero-order valence-electron chi connectivity index (χ0n) is 10.2. The lowest BCUT2D eigenvalue weighted by Crippen LogP contribution is -2.04. The molecular formula is C13H9BrClFN2O2. The van der Waals surface area contributed by atoms with Crippen LogP contribution in [0.5, 0.6) is 0 Å². The molecular weight excluding hydrogens is 351 g/mol. The van der Waals surface area contributed by atoms with Gasteiger partial charge in [-0.05, 0) is 47.1 Å². The monoisotopic (exact) mass is 358 g/mol. The third-order valence-corrected chi connectivity index (χ3v) is 3.50. The first-order valence-electron chi connectivity index (χ1n) is 5.51. The fraction of sp³-hybridized carbons (Fsp3) is 0.0769. The normalized spacial score (nSPS) is 10.4. The highest BCUT2D eigenvalue weighted by Gasteiger charge is 2.12. The summed E-state index contributed by atoms with van der Waals surface area (Å²) in [7, 11) is 0. The maximum Gasteiger partial charge on any atom is 0.337 e. The number of hydrogen-bond donors (Lipinski definition) is 2. The van der Waals surface area contributed by atoms with E-state index in [-0.39, 0.29) is 10.6 Å². The highest BCUT2D eigenvalue weighted by molar-refractivity contribution is 9.10. The molecule has 2 N–H and O–H groups in total. The standard InChI is InChI=1S/C13H9BrClFN2O2/c1-6-8(13(19)20)2-3-11(17-6)18-12-9(14)4-7(16)5-10(12)15/h2-5H,1H3,(H,17,18)(H,19,20). The van der Waals surface area contributed by atoms with Crippen molar-refractivity contribution in [2.45, 2.75) is 6.92 Å². The Morgan fingerprint density at radius 3 is 2.70 bits per heavy atom. The Bertz CT molecular complexity index is 671. The van der Waals surface area contributed by atoms with E-state index in [4.69, 9.17) is 16.7 Å². The summed E-state index contributed by atoms with van der Waals surface area (Å²) in [5.41, 5.74) is 0.958. The molecule has 2 aromatic rings. The topological polar surface area (TPSA) is 62.2 Å². The van der Waals surface area contributed by atoms with Crippen LogP contribution in [-0.2, 0) is 0 Å². The van der Waals surface area contributed by atoms with E-state index in [0.29, 0.717) is 21.7 Å².